The molecule has 0 saturated heterocycles. The SMILES string of the molecule is COCc1nc(C(=O)OCC(=O)N2c3ccccc3CCc3ccccc32)co1. The second kappa shape index (κ2) is 8.28. The first-order valence-electron chi connectivity index (χ1n) is 9.26. The van der Waals surface area contributed by atoms with Crippen LogP contribution in [0.15, 0.2) is 59.2 Å². The van der Waals surface area contributed by atoms with Gasteiger partial charge in [0, 0.05) is 7.11 Å². The van der Waals surface area contributed by atoms with Gasteiger partial charge in [-0.25, -0.2) is 9.78 Å². The molecule has 0 aliphatic carbocycles. The quantitative estimate of drug-likeness (QED) is 0.619. The summed E-state index contributed by atoms with van der Waals surface area (Å²) >= 11 is 0. The fraction of sp³-hybridized carbons (Fsp3) is 0.227. The van der Waals surface area contributed by atoms with E-state index in [2.05, 4.69) is 4.98 Å². The number of aromatic nitrogens is 1. The van der Waals surface area contributed by atoms with Gasteiger partial charge in [-0.1, -0.05) is 36.4 Å². The molecule has 1 amide bonds. The molecule has 0 fully saturated rings. The fourth-order valence-electron chi connectivity index (χ4n) is 3.41. The lowest BCUT2D eigenvalue weighted by Gasteiger charge is -2.24. The summed E-state index contributed by atoms with van der Waals surface area (Å²) in [4.78, 5) is 31.0. The van der Waals surface area contributed by atoms with Crippen LogP contribution in [0.3, 0.4) is 0 Å². The van der Waals surface area contributed by atoms with Crippen LogP contribution in [-0.2, 0) is 33.7 Å². The number of hydrogen-bond donors (Lipinski definition) is 0. The maximum Gasteiger partial charge on any atom is 0.360 e. The third-order valence-electron chi connectivity index (χ3n) is 4.73. The van der Waals surface area contributed by atoms with Crippen LogP contribution in [0.4, 0.5) is 11.4 Å². The summed E-state index contributed by atoms with van der Waals surface area (Å²) < 4.78 is 15.2. The number of para-hydroxylation sites is 2. The van der Waals surface area contributed by atoms with E-state index in [1.54, 1.807) is 4.90 Å². The molecule has 1 aliphatic heterocycles. The third-order valence-corrected chi connectivity index (χ3v) is 4.73. The number of anilines is 2. The van der Waals surface area contributed by atoms with Gasteiger partial charge in [0.1, 0.15) is 12.9 Å². The van der Waals surface area contributed by atoms with Crippen molar-refractivity contribution in [3.8, 4) is 0 Å². The first-order chi connectivity index (χ1) is 14.2. The molecule has 0 bridgehead atoms. The van der Waals surface area contributed by atoms with Crippen molar-refractivity contribution in [1.82, 2.24) is 4.98 Å². The van der Waals surface area contributed by atoms with Crippen molar-refractivity contribution >= 4 is 23.3 Å². The number of carbonyl (C=O) groups excluding carboxylic acids is 2. The molecule has 0 spiro atoms. The molecule has 1 aromatic heterocycles. The van der Waals surface area contributed by atoms with Crippen molar-refractivity contribution in [2.24, 2.45) is 0 Å². The van der Waals surface area contributed by atoms with Crippen LogP contribution in [-0.4, -0.2) is 30.6 Å². The maximum atomic E-state index is 13.1. The molecule has 2 aromatic carbocycles. The van der Waals surface area contributed by atoms with Crippen LogP contribution in [0.2, 0.25) is 0 Å². The predicted molar refractivity (Wildman–Crippen MR) is 105 cm³/mol. The Morgan fingerprint density at radius 1 is 1.03 bits per heavy atom. The monoisotopic (exact) mass is 392 g/mol. The van der Waals surface area contributed by atoms with E-state index >= 15 is 0 Å². The van der Waals surface area contributed by atoms with Crippen LogP contribution in [0.25, 0.3) is 0 Å². The Bertz CT molecular complexity index is 995. The first kappa shape index (κ1) is 18.9. The average molecular weight is 392 g/mol. The minimum Gasteiger partial charge on any atom is -0.451 e. The second-order valence-electron chi connectivity index (χ2n) is 6.62. The van der Waals surface area contributed by atoms with Gasteiger partial charge in [-0.3, -0.25) is 9.69 Å². The minimum absolute atomic E-state index is 0.00140. The number of amides is 1. The molecule has 0 atom stereocenters. The molecule has 29 heavy (non-hydrogen) atoms. The van der Waals surface area contributed by atoms with Gasteiger partial charge in [0.25, 0.3) is 5.91 Å². The van der Waals surface area contributed by atoms with E-state index in [9.17, 15) is 9.59 Å². The van der Waals surface area contributed by atoms with Gasteiger partial charge < -0.3 is 13.9 Å². The summed E-state index contributed by atoms with van der Waals surface area (Å²) in [6.07, 6.45) is 2.85. The number of carbonyl (C=O) groups is 2. The number of benzene rings is 2. The van der Waals surface area contributed by atoms with Crippen LogP contribution < -0.4 is 4.90 Å². The van der Waals surface area contributed by atoms with Crippen LogP contribution >= 0.6 is 0 Å². The fourth-order valence-corrected chi connectivity index (χ4v) is 3.41. The number of ether oxygens (including phenoxy) is 2. The van der Waals surface area contributed by atoms with Gasteiger partial charge in [-0.2, -0.15) is 0 Å². The van der Waals surface area contributed by atoms with E-state index in [-0.39, 0.29) is 24.1 Å². The lowest BCUT2D eigenvalue weighted by molar-refractivity contribution is -0.121. The van der Waals surface area contributed by atoms with Gasteiger partial charge in [-0.15, -0.1) is 0 Å². The Hall–Kier alpha value is -3.45. The number of oxazole rings is 1. The normalized spacial score (nSPS) is 12.7. The number of esters is 1. The summed E-state index contributed by atoms with van der Waals surface area (Å²) in [5, 5.41) is 0. The molecule has 148 valence electrons. The van der Waals surface area contributed by atoms with E-state index in [4.69, 9.17) is 13.9 Å². The smallest absolute Gasteiger partial charge is 0.360 e. The first-order valence-corrected chi connectivity index (χ1v) is 9.26. The number of hydrogen-bond acceptors (Lipinski definition) is 6. The van der Waals surface area contributed by atoms with E-state index < -0.39 is 12.6 Å². The van der Waals surface area contributed by atoms with Crippen LogP contribution in [0.5, 0.6) is 0 Å². The largest absolute Gasteiger partial charge is 0.451 e. The number of methoxy groups -OCH3 is 1. The van der Waals surface area contributed by atoms with Crippen molar-refractivity contribution in [3.05, 3.63) is 77.5 Å². The average Bonchev–Trinajstić information content (AvgIpc) is 3.14. The number of nitrogens with zero attached hydrogens (tertiary/aromatic N) is 2. The van der Waals surface area contributed by atoms with Crippen molar-refractivity contribution in [1.29, 1.82) is 0 Å². The minimum atomic E-state index is -0.721. The van der Waals surface area contributed by atoms with E-state index in [0.29, 0.717) is 0 Å². The zero-order valence-electron chi connectivity index (χ0n) is 16.0. The van der Waals surface area contributed by atoms with Gasteiger partial charge in [-0.05, 0) is 36.1 Å². The summed E-state index contributed by atoms with van der Waals surface area (Å²) in [6, 6.07) is 15.6. The van der Waals surface area contributed by atoms with Crippen molar-refractivity contribution in [2.75, 3.05) is 18.6 Å². The van der Waals surface area contributed by atoms with E-state index in [0.717, 1.165) is 35.3 Å². The lowest BCUT2D eigenvalue weighted by atomic mass is 10.0. The maximum absolute atomic E-state index is 13.1. The molecule has 4 rings (SSSR count). The zero-order chi connectivity index (χ0) is 20.2. The van der Waals surface area contributed by atoms with Crippen molar-refractivity contribution in [2.45, 2.75) is 19.4 Å². The third kappa shape index (κ3) is 3.90. The number of rotatable bonds is 5. The van der Waals surface area contributed by atoms with Gasteiger partial charge in [0.2, 0.25) is 5.89 Å². The molecule has 0 radical (unpaired) electrons. The molecule has 0 saturated carbocycles. The number of fused-ring (bicyclic) bond motifs is 2. The molecule has 3 aromatic rings. The highest BCUT2D eigenvalue weighted by Gasteiger charge is 2.26. The zero-order valence-corrected chi connectivity index (χ0v) is 16.0. The Morgan fingerprint density at radius 2 is 1.66 bits per heavy atom. The summed E-state index contributed by atoms with van der Waals surface area (Å²) in [6.45, 7) is -0.262. The van der Waals surface area contributed by atoms with E-state index in [1.807, 2.05) is 48.5 Å². The summed E-state index contributed by atoms with van der Waals surface area (Å²) in [5.74, 6) is -0.789. The lowest BCUT2D eigenvalue weighted by Crippen LogP contribution is -2.31. The predicted octanol–water partition coefficient (Wildman–Crippen LogP) is 3.44. The molecule has 0 N–H and O–H groups in total. The number of aryl methyl sites for hydroxylation is 2. The Balaban J connectivity index is 1.55. The molecule has 7 heteroatoms. The van der Waals surface area contributed by atoms with Crippen molar-refractivity contribution in [3.63, 3.8) is 0 Å². The van der Waals surface area contributed by atoms with Crippen LogP contribution in [0.1, 0.15) is 27.5 Å². The highest BCUT2D eigenvalue weighted by molar-refractivity contribution is 6.04. The van der Waals surface area contributed by atoms with Crippen molar-refractivity contribution < 1.29 is 23.5 Å². The molecule has 2 heterocycles. The highest BCUT2D eigenvalue weighted by atomic mass is 16.5. The highest BCUT2D eigenvalue weighted by Crippen LogP contribution is 2.35. The van der Waals surface area contributed by atoms with Gasteiger partial charge >= 0.3 is 5.97 Å². The van der Waals surface area contributed by atoms with Gasteiger partial charge in [0.05, 0.1) is 11.4 Å². The molecule has 0 unspecified atom stereocenters. The van der Waals surface area contributed by atoms with Gasteiger partial charge in [0.15, 0.2) is 12.3 Å². The molecular formula is C22H20N2O5. The Kier molecular flexibility index (Phi) is 5.39. The summed E-state index contributed by atoms with van der Waals surface area (Å²) in [5.41, 5.74) is 3.76. The second-order valence-corrected chi connectivity index (χ2v) is 6.62. The van der Waals surface area contributed by atoms with E-state index in [1.165, 1.54) is 13.4 Å². The topological polar surface area (TPSA) is 81.9 Å². The Morgan fingerprint density at radius 3 is 2.28 bits per heavy atom. The standard InChI is InChI=1S/C22H20N2O5/c1-27-13-20-23-17(12-28-20)22(26)29-14-21(25)24-18-8-4-2-6-15(18)10-11-16-7-3-5-9-19(16)24/h2-9,12H,10-11,13-14H2,1H3. The molecular weight excluding hydrogens is 372 g/mol. The summed E-state index contributed by atoms with van der Waals surface area (Å²) in [7, 11) is 1.50. The van der Waals surface area contributed by atoms with Crippen LogP contribution in [0, 0.1) is 0 Å². The molecule has 7 nitrogen and oxygen atoms in total. The Labute approximate surface area is 167 Å². The molecule has 1 aliphatic rings.